The van der Waals surface area contributed by atoms with E-state index in [2.05, 4.69) is 31.3 Å². The van der Waals surface area contributed by atoms with Crippen LogP contribution < -0.4 is 11.1 Å². The molecule has 4 nitrogen and oxygen atoms in total. The molecule has 0 spiro atoms. The number of rotatable bonds is 4. The van der Waals surface area contributed by atoms with E-state index in [0.717, 1.165) is 49.1 Å². The quantitative estimate of drug-likeness (QED) is 0.895. The van der Waals surface area contributed by atoms with E-state index >= 15 is 0 Å². The summed E-state index contributed by atoms with van der Waals surface area (Å²) in [6.45, 7) is 4.98. The Morgan fingerprint density at radius 3 is 2.86 bits per heavy atom. The molecule has 0 bridgehead atoms. The van der Waals surface area contributed by atoms with Gasteiger partial charge in [-0.15, -0.1) is 0 Å². The Kier molecular flexibility index (Phi) is 4.00. The fourth-order valence-corrected chi connectivity index (χ4v) is 3.48. The van der Waals surface area contributed by atoms with E-state index in [9.17, 15) is 4.79 Å². The molecule has 2 aliphatic rings. The molecule has 1 amide bonds. The number of hydrogen-bond donors (Lipinski definition) is 2. The second kappa shape index (κ2) is 5.78. The van der Waals surface area contributed by atoms with Crippen molar-refractivity contribution < 1.29 is 9.53 Å². The molecule has 1 saturated heterocycles. The summed E-state index contributed by atoms with van der Waals surface area (Å²) in [5, 5.41) is 3.05. The highest BCUT2D eigenvalue weighted by Crippen LogP contribution is 2.41. The number of nitrogens with two attached hydrogens (primary N) is 1. The molecule has 1 fully saturated rings. The van der Waals surface area contributed by atoms with Gasteiger partial charge in [0.05, 0.1) is 18.1 Å². The number of fused-ring (bicyclic) bond motifs is 1. The van der Waals surface area contributed by atoms with Crippen molar-refractivity contribution in [2.75, 3.05) is 11.9 Å². The van der Waals surface area contributed by atoms with Crippen molar-refractivity contribution in [3.63, 3.8) is 0 Å². The van der Waals surface area contributed by atoms with Crippen molar-refractivity contribution in [2.45, 2.75) is 57.6 Å². The molecule has 0 aromatic heterocycles. The second-order valence-corrected chi connectivity index (χ2v) is 6.03. The molecule has 1 aromatic carbocycles. The third-order valence-electron chi connectivity index (χ3n) is 4.74. The Labute approximate surface area is 126 Å². The first kappa shape index (κ1) is 14.5. The fraction of sp³-hybridized carbons (Fsp3) is 0.588. The summed E-state index contributed by atoms with van der Waals surface area (Å²) < 4.78 is 5.74. The highest BCUT2D eigenvalue weighted by Gasteiger charge is 2.34. The molecule has 21 heavy (non-hydrogen) atoms. The number of ether oxygens (including phenoxy) is 1. The van der Waals surface area contributed by atoms with Gasteiger partial charge in [0, 0.05) is 12.3 Å². The van der Waals surface area contributed by atoms with Crippen LogP contribution in [0.5, 0.6) is 0 Å². The Morgan fingerprint density at radius 1 is 1.43 bits per heavy atom. The van der Waals surface area contributed by atoms with E-state index in [0.29, 0.717) is 0 Å². The third kappa shape index (κ3) is 2.47. The smallest absolute Gasteiger partial charge is 0.232 e. The number of carbonyl (C=O) groups excluding carboxylic acids is 1. The first-order valence-electron chi connectivity index (χ1n) is 8.00. The molecule has 1 aromatic rings. The number of nitrogens with one attached hydrogen (secondary N) is 1. The predicted octanol–water partition coefficient (Wildman–Crippen LogP) is 2.87. The summed E-state index contributed by atoms with van der Waals surface area (Å²) in [7, 11) is 0. The predicted molar refractivity (Wildman–Crippen MR) is 83.4 cm³/mol. The minimum atomic E-state index is -0.163. The first-order valence-corrected chi connectivity index (χ1v) is 8.00. The summed E-state index contributed by atoms with van der Waals surface area (Å²) >= 11 is 0. The van der Waals surface area contributed by atoms with Crippen LogP contribution in [0.1, 0.15) is 61.8 Å². The number of carbonyl (C=O) groups is 1. The van der Waals surface area contributed by atoms with Crippen LogP contribution in [-0.2, 0) is 16.0 Å². The van der Waals surface area contributed by atoms with Crippen LogP contribution in [-0.4, -0.2) is 18.6 Å². The summed E-state index contributed by atoms with van der Waals surface area (Å²) in [6.07, 6.45) is 3.90. The van der Waals surface area contributed by atoms with E-state index < -0.39 is 0 Å². The van der Waals surface area contributed by atoms with E-state index in [1.54, 1.807) is 0 Å². The lowest BCUT2D eigenvalue weighted by atomic mass is 9.89. The van der Waals surface area contributed by atoms with Gasteiger partial charge in [0.25, 0.3) is 0 Å². The van der Waals surface area contributed by atoms with Gasteiger partial charge >= 0.3 is 0 Å². The molecule has 0 saturated carbocycles. The van der Waals surface area contributed by atoms with Crippen molar-refractivity contribution in [3.8, 4) is 0 Å². The average molecular weight is 288 g/mol. The van der Waals surface area contributed by atoms with Crippen molar-refractivity contribution in [1.29, 1.82) is 0 Å². The van der Waals surface area contributed by atoms with Crippen LogP contribution in [0.4, 0.5) is 5.69 Å². The van der Waals surface area contributed by atoms with Gasteiger partial charge in [0.1, 0.15) is 0 Å². The monoisotopic (exact) mass is 288 g/mol. The lowest BCUT2D eigenvalue weighted by Gasteiger charge is -2.22. The normalized spacial score (nSPS) is 25.8. The maximum Gasteiger partial charge on any atom is 0.232 e. The number of anilines is 1. The first-order chi connectivity index (χ1) is 10.2. The molecule has 3 unspecified atom stereocenters. The molecular weight excluding hydrogens is 264 g/mol. The Hall–Kier alpha value is -1.39. The minimum Gasteiger partial charge on any atom is -0.376 e. The topological polar surface area (TPSA) is 64.3 Å². The van der Waals surface area contributed by atoms with Gasteiger partial charge < -0.3 is 15.8 Å². The maximum absolute atomic E-state index is 12.2. The molecule has 0 radical (unpaired) electrons. The van der Waals surface area contributed by atoms with E-state index in [4.69, 9.17) is 10.5 Å². The molecule has 2 heterocycles. The fourth-order valence-electron chi connectivity index (χ4n) is 3.48. The summed E-state index contributed by atoms with van der Waals surface area (Å²) in [5.74, 6) is 0.0588. The van der Waals surface area contributed by atoms with Gasteiger partial charge in [0.15, 0.2) is 0 Å². The van der Waals surface area contributed by atoms with Gasteiger partial charge in [-0.1, -0.05) is 26.0 Å². The Morgan fingerprint density at radius 2 is 2.24 bits per heavy atom. The van der Waals surface area contributed by atoms with E-state index in [1.165, 1.54) is 5.56 Å². The maximum atomic E-state index is 12.2. The van der Waals surface area contributed by atoms with E-state index in [1.807, 2.05) is 0 Å². The second-order valence-electron chi connectivity index (χ2n) is 6.03. The molecule has 3 atom stereocenters. The largest absolute Gasteiger partial charge is 0.376 e. The zero-order chi connectivity index (χ0) is 15.0. The summed E-state index contributed by atoms with van der Waals surface area (Å²) in [6, 6.07) is 4.14. The van der Waals surface area contributed by atoms with Crippen molar-refractivity contribution in [2.24, 2.45) is 5.73 Å². The molecule has 3 rings (SSSR count). The molecule has 4 heteroatoms. The molecular formula is C17H24N2O2. The van der Waals surface area contributed by atoms with Gasteiger partial charge in [0.2, 0.25) is 5.91 Å². The molecule has 2 aliphatic heterocycles. The Balaban J connectivity index is 2.04. The SMILES string of the molecule is CCc1cc2c(c(C(N)C3CCCO3)c1)NC(=O)C2CC. The highest BCUT2D eigenvalue weighted by atomic mass is 16.5. The van der Waals surface area contributed by atoms with E-state index in [-0.39, 0.29) is 24.0 Å². The van der Waals surface area contributed by atoms with Crippen LogP contribution in [0, 0.1) is 0 Å². The highest BCUT2D eigenvalue weighted by molar-refractivity contribution is 6.03. The van der Waals surface area contributed by atoms with Gasteiger partial charge in [-0.2, -0.15) is 0 Å². The van der Waals surface area contributed by atoms with Crippen LogP contribution >= 0.6 is 0 Å². The van der Waals surface area contributed by atoms with Crippen LogP contribution in [0.2, 0.25) is 0 Å². The van der Waals surface area contributed by atoms with Crippen molar-refractivity contribution in [1.82, 2.24) is 0 Å². The van der Waals surface area contributed by atoms with Crippen LogP contribution in [0.25, 0.3) is 0 Å². The number of benzene rings is 1. The van der Waals surface area contributed by atoms with Gasteiger partial charge in [-0.25, -0.2) is 0 Å². The standard InChI is InChI=1S/C17H24N2O2/c1-3-10-8-12-11(4-2)17(20)19-16(12)13(9-10)15(18)14-6-5-7-21-14/h8-9,11,14-15H,3-7,18H2,1-2H3,(H,19,20). The lowest BCUT2D eigenvalue weighted by Crippen LogP contribution is -2.26. The zero-order valence-corrected chi connectivity index (χ0v) is 12.8. The molecule has 114 valence electrons. The van der Waals surface area contributed by atoms with Gasteiger partial charge in [-0.3, -0.25) is 4.79 Å². The molecule has 3 N–H and O–H groups in total. The van der Waals surface area contributed by atoms with Crippen molar-refractivity contribution in [3.05, 3.63) is 28.8 Å². The average Bonchev–Trinajstić information content (AvgIpc) is 3.12. The van der Waals surface area contributed by atoms with Crippen molar-refractivity contribution >= 4 is 11.6 Å². The number of amides is 1. The summed E-state index contributed by atoms with van der Waals surface area (Å²) in [5.41, 5.74) is 10.8. The Bertz CT molecular complexity index is 550. The number of hydrogen-bond acceptors (Lipinski definition) is 3. The number of aryl methyl sites for hydroxylation is 1. The van der Waals surface area contributed by atoms with Gasteiger partial charge in [-0.05, 0) is 42.4 Å². The van der Waals surface area contributed by atoms with Crippen LogP contribution in [0.15, 0.2) is 12.1 Å². The minimum absolute atomic E-state index is 0.0399. The lowest BCUT2D eigenvalue weighted by molar-refractivity contribution is -0.117. The van der Waals surface area contributed by atoms with Crippen LogP contribution in [0.3, 0.4) is 0 Å². The summed E-state index contributed by atoms with van der Waals surface area (Å²) in [4.78, 5) is 12.2. The molecule has 0 aliphatic carbocycles. The zero-order valence-electron chi connectivity index (χ0n) is 12.8. The third-order valence-corrected chi connectivity index (χ3v) is 4.74.